The lowest BCUT2D eigenvalue weighted by molar-refractivity contribution is -0.385. The Kier molecular flexibility index (Phi) is 4.55. The summed E-state index contributed by atoms with van der Waals surface area (Å²) in [6.07, 6.45) is 1.90. The molecule has 5 heteroatoms. The Labute approximate surface area is 96.5 Å². The molecule has 0 aliphatic heterocycles. The maximum atomic E-state index is 10.7. The van der Waals surface area contributed by atoms with Gasteiger partial charge in [0, 0.05) is 10.5 Å². The topological polar surface area (TPSA) is 52.4 Å². The van der Waals surface area contributed by atoms with Gasteiger partial charge in [0.15, 0.2) is 5.75 Å². The number of ether oxygens (including phenoxy) is 1. The van der Waals surface area contributed by atoms with E-state index in [-0.39, 0.29) is 5.69 Å². The van der Waals surface area contributed by atoms with Crippen LogP contribution in [0.15, 0.2) is 22.7 Å². The van der Waals surface area contributed by atoms with Gasteiger partial charge in [-0.25, -0.2) is 0 Å². The van der Waals surface area contributed by atoms with E-state index >= 15 is 0 Å². The highest BCUT2D eigenvalue weighted by atomic mass is 79.9. The van der Waals surface area contributed by atoms with Crippen LogP contribution in [0.25, 0.3) is 0 Å². The van der Waals surface area contributed by atoms with Gasteiger partial charge in [-0.1, -0.05) is 29.3 Å². The Bertz CT molecular complexity index is 355. The maximum Gasteiger partial charge on any atom is 0.312 e. The summed E-state index contributed by atoms with van der Waals surface area (Å²) in [5.41, 5.74) is 0.000443. The van der Waals surface area contributed by atoms with Crippen LogP contribution in [0.2, 0.25) is 0 Å². The van der Waals surface area contributed by atoms with E-state index in [1.54, 1.807) is 12.1 Å². The smallest absolute Gasteiger partial charge is 0.312 e. The minimum absolute atomic E-state index is 0.000443. The SMILES string of the molecule is CCCCOc1ccc(Br)cc1[N+](=O)[O-]. The van der Waals surface area contributed by atoms with Crippen molar-refractivity contribution in [2.75, 3.05) is 6.61 Å². The van der Waals surface area contributed by atoms with Crippen molar-refractivity contribution in [2.45, 2.75) is 19.8 Å². The molecule has 4 nitrogen and oxygen atoms in total. The molecule has 0 atom stereocenters. The number of nitro groups is 1. The molecular weight excluding hydrogens is 262 g/mol. The number of unbranched alkanes of at least 4 members (excludes halogenated alkanes) is 1. The Morgan fingerprint density at radius 1 is 1.53 bits per heavy atom. The summed E-state index contributed by atoms with van der Waals surface area (Å²) < 4.78 is 6.01. The van der Waals surface area contributed by atoms with E-state index in [2.05, 4.69) is 15.9 Å². The Morgan fingerprint density at radius 2 is 2.27 bits per heavy atom. The van der Waals surface area contributed by atoms with Crippen LogP contribution in [0.1, 0.15) is 19.8 Å². The lowest BCUT2D eigenvalue weighted by Crippen LogP contribution is -2.00. The molecule has 1 rings (SSSR count). The van der Waals surface area contributed by atoms with Crippen LogP contribution in [0, 0.1) is 10.1 Å². The molecule has 0 aromatic heterocycles. The molecule has 0 bridgehead atoms. The van der Waals surface area contributed by atoms with Crippen LogP contribution < -0.4 is 4.74 Å². The van der Waals surface area contributed by atoms with Gasteiger partial charge in [-0.3, -0.25) is 10.1 Å². The molecular formula is C10H12BrNO3. The Morgan fingerprint density at radius 3 is 2.87 bits per heavy atom. The first-order valence-electron chi connectivity index (χ1n) is 4.72. The van der Waals surface area contributed by atoms with E-state index in [1.165, 1.54) is 6.07 Å². The minimum atomic E-state index is -0.438. The molecule has 0 fully saturated rings. The van der Waals surface area contributed by atoms with Crippen molar-refractivity contribution in [2.24, 2.45) is 0 Å². The molecule has 15 heavy (non-hydrogen) atoms. The average Bonchev–Trinajstić information content (AvgIpc) is 2.20. The number of rotatable bonds is 5. The fourth-order valence-electron chi connectivity index (χ4n) is 1.08. The second-order valence-electron chi connectivity index (χ2n) is 3.07. The van der Waals surface area contributed by atoms with Gasteiger partial charge < -0.3 is 4.74 Å². The number of hydrogen-bond acceptors (Lipinski definition) is 3. The fourth-order valence-corrected chi connectivity index (χ4v) is 1.43. The maximum absolute atomic E-state index is 10.7. The molecule has 0 amide bonds. The molecule has 0 radical (unpaired) electrons. The number of hydrogen-bond donors (Lipinski definition) is 0. The van der Waals surface area contributed by atoms with E-state index in [9.17, 15) is 10.1 Å². The van der Waals surface area contributed by atoms with Gasteiger partial charge in [-0.05, 0) is 18.6 Å². The standard InChI is InChI=1S/C10H12BrNO3/c1-2-3-6-15-10-5-4-8(11)7-9(10)12(13)14/h4-5,7H,2-3,6H2,1H3. The van der Waals surface area contributed by atoms with E-state index in [4.69, 9.17) is 4.74 Å². The van der Waals surface area contributed by atoms with Crippen molar-refractivity contribution in [1.82, 2.24) is 0 Å². The van der Waals surface area contributed by atoms with Gasteiger partial charge in [0.2, 0.25) is 0 Å². The zero-order chi connectivity index (χ0) is 11.3. The van der Waals surface area contributed by atoms with Crippen molar-refractivity contribution in [3.8, 4) is 5.75 Å². The lowest BCUT2D eigenvalue weighted by atomic mass is 10.3. The summed E-state index contributed by atoms with van der Waals surface area (Å²) in [7, 11) is 0. The molecule has 0 saturated heterocycles. The van der Waals surface area contributed by atoms with Crippen LogP contribution >= 0.6 is 15.9 Å². The first-order valence-corrected chi connectivity index (χ1v) is 5.51. The molecule has 0 N–H and O–H groups in total. The van der Waals surface area contributed by atoms with Crippen LogP contribution in [-0.4, -0.2) is 11.5 Å². The molecule has 82 valence electrons. The van der Waals surface area contributed by atoms with Crippen LogP contribution in [0.4, 0.5) is 5.69 Å². The minimum Gasteiger partial charge on any atom is -0.487 e. The quantitative estimate of drug-likeness (QED) is 0.469. The van der Waals surface area contributed by atoms with Crippen molar-refractivity contribution in [3.05, 3.63) is 32.8 Å². The van der Waals surface area contributed by atoms with Crippen LogP contribution in [-0.2, 0) is 0 Å². The highest BCUT2D eigenvalue weighted by molar-refractivity contribution is 9.10. The van der Waals surface area contributed by atoms with Crippen molar-refractivity contribution < 1.29 is 9.66 Å². The normalized spacial score (nSPS) is 10.0. The summed E-state index contributed by atoms with van der Waals surface area (Å²) in [6.45, 7) is 2.55. The van der Waals surface area contributed by atoms with Gasteiger partial charge in [0.25, 0.3) is 0 Å². The largest absolute Gasteiger partial charge is 0.487 e. The zero-order valence-corrected chi connectivity index (χ0v) is 9.99. The summed E-state index contributed by atoms with van der Waals surface area (Å²) in [4.78, 5) is 10.3. The molecule has 1 aromatic rings. The van der Waals surface area contributed by atoms with E-state index in [1.807, 2.05) is 6.92 Å². The second kappa shape index (κ2) is 5.70. The number of nitro benzene ring substituents is 1. The van der Waals surface area contributed by atoms with Gasteiger partial charge in [0.05, 0.1) is 11.5 Å². The molecule has 0 spiro atoms. The van der Waals surface area contributed by atoms with Crippen LogP contribution in [0.5, 0.6) is 5.75 Å². The highest BCUT2D eigenvalue weighted by Crippen LogP contribution is 2.30. The molecule has 0 unspecified atom stereocenters. The van der Waals surface area contributed by atoms with Crippen LogP contribution in [0.3, 0.4) is 0 Å². The Hall–Kier alpha value is -1.10. The monoisotopic (exact) mass is 273 g/mol. The Balaban J connectivity index is 2.81. The van der Waals surface area contributed by atoms with Crippen molar-refractivity contribution >= 4 is 21.6 Å². The predicted octanol–water partition coefficient (Wildman–Crippen LogP) is 3.54. The van der Waals surface area contributed by atoms with E-state index < -0.39 is 4.92 Å². The molecule has 0 aliphatic carbocycles. The van der Waals surface area contributed by atoms with E-state index in [0.717, 1.165) is 12.8 Å². The molecule has 1 aromatic carbocycles. The van der Waals surface area contributed by atoms with Crippen molar-refractivity contribution in [1.29, 1.82) is 0 Å². The van der Waals surface area contributed by atoms with Gasteiger partial charge in [0.1, 0.15) is 0 Å². The van der Waals surface area contributed by atoms with Gasteiger partial charge in [-0.2, -0.15) is 0 Å². The summed E-state index contributed by atoms with van der Waals surface area (Å²) >= 11 is 3.19. The average molecular weight is 274 g/mol. The third kappa shape index (κ3) is 3.51. The van der Waals surface area contributed by atoms with Gasteiger partial charge >= 0.3 is 5.69 Å². The third-order valence-electron chi connectivity index (χ3n) is 1.87. The summed E-state index contributed by atoms with van der Waals surface area (Å²) in [5, 5.41) is 10.7. The zero-order valence-electron chi connectivity index (χ0n) is 8.40. The number of nitrogens with zero attached hydrogens (tertiary/aromatic N) is 1. The summed E-state index contributed by atoms with van der Waals surface area (Å²) in [5.74, 6) is 0.330. The summed E-state index contributed by atoms with van der Waals surface area (Å²) in [6, 6.07) is 4.79. The lowest BCUT2D eigenvalue weighted by Gasteiger charge is -2.05. The first kappa shape index (κ1) is 12.0. The van der Waals surface area contributed by atoms with E-state index in [0.29, 0.717) is 16.8 Å². The molecule has 0 heterocycles. The number of halogens is 1. The molecule has 0 saturated carbocycles. The second-order valence-corrected chi connectivity index (χ2v) is 3.99. The highest BCUT2D eigenvalue weighted by Gasteiger charge is 2.14. The predicted molar refractivity (Wildman–Crippen MR) is 61.2 cm³/mol. The molecule has 0 aliphatic rings. The van der Waals surface area contributed by atoms with Crippen molar-refractivity contribution in [3.63, 3.8) is 0 Å². The number of benzene rings is 1. The fraction of sp³-hybridized carbons (Fsp3) is 0.400. The van der Waals surface area contributed by atoms with Gasteiger partial charge in [-0.15, -0.1) is 0 Å². The first-order chi connectivity index (χ1) is 7.15. The third-order valence-corrected chi connectivity index (χ3v) is 2.37.